The molecule has 2 aromatic carbocycles. The second kappa shape index (κ2) is 8.66. The molecule has 2 atom stereocenters. The zero-order chi connectivity index (χ0) is 20.2. The van der Waals surface area contributed by atoms with Crippen molar-refractivity contribution in [2.45, 2.75) is 38.0 Å². The number of carbonyl (C=O) groups excluding carboxylic acids is 1. The van der Waals surface area contributed by atoms with Crippen molar-refractivity contribution < 1.29 is 23.4 Å². The van der Waals surface area contributed by atoms with E-state index in [2.05, 4.69) is 0 Å². The van der Waals surface area contributed by atoms with Crippen molar-refractivity contribution >= 4 is 11.7 Å². The minimum atomic E-state index is -0.329. The van der Waals surface area contributed by atoms with Crippen LogP contribution in [0.5, 0.6) is 5.75 Å². The standard InChI is InChI=1S/C23H24FNO4/c1-27-15-29-20-9-10-21(22(24)13-20)17-11-18-7-8-19(12-17)25(18)23(26)28-14-16-5-3-2-4-6-16/h2-6,9-11,13,18-19H,7-8,12,14-15H2,1H3. The van der Waals surface area contributed by atoms with Crippen molar-refractivity contribution in [3.05, 3.63) is 71.6 Å². The molecule has 1 amide bonds. The summed E-state index contributed by atoms with van der Waals surface area (Å²) in [6, 6.07) is 14.4. The number of carbonyl (C=O) groups is 1. The minimum Gasteiger partial charge on any atom is -0.467 e. The zero-order valence-corrected chi connectivity index (χ0v) is 16.3. The van der Waals surface area contributed by atoms with Gasteiger partial charge in [-0.3, -0.25) is 4.90 Å². The normalized spacial score (nSPS) is 20.3. The van der Waals surface area contributed by atoms with Gasteiger partial charge in [-0.15, -0.1) is 0 Å². The van der Waals surface area contributed by atoms with E-state index in [0.29, 0.717) is 17.7 Å². The Hall–Kier alpha value is -2.86. The summed E-state index contributed by atoms with van der Waals surface area (Å²) in [6.45, 7) is 0.329. The van der Waals surface area contributed by atoms with Crippen LogP contribution in [0.25, 0.3) is 5.57 Å². The Morgan fingerprint density at radius 1 is 1.17 bits per heavy atom. The van der Waals surface area contributed by atoms with Crippen LogP contribution in [0.15, 0.2) is 54.6 Å². The second-order valence-corrected chi connectivity index (χ2v) is 7.33. The molecule has 0 saturated carbocycles. The summed E-state index contributed by atoms with van der Waals surface area (Å²) in [5.74, 6) is 0.1000. The highest BCUT2D eigenvalue weighted by atomic mass is 19.1. The number of amides is 1. The van der Waals surface area contributed by atoms with Crippen LogP contribution in [0.3, 0.4) is 0 Å². The van der Waals surface area contributed by atoms with Crippen LogP contribution < -0.4 is 4.74 Å². The molecule has 2 unspecified atom stereocenters. The lowest BCUT2D eigenvalue weighted by Gasteiger charge is -2.33. The molecule has 0 radical (unpaired) electrons. The smallest absolute Gasteiger partial charge is 0.410 e. The van der Waals surface area contributed by atoms with Crippen LogP contribution in [0.2, 0.25) is 0 Å². The van der Waals surface area contributed by atoms with E-state index >= 15 is 0 Å². The van der Waals surface area contributed by atoms with E-state index in [-0.39, 0.29) is 37.4 Å². The fourth-order valence-corrected chi connectivity index (χ4v) is 4.08. The summed E-state index contributed by atoms with van der Waals surface area (Å²) in [6.07, 6.45) is 4.07. The zero-order valence-electron chi connectivity index (χ0n) is 16.3. The van der Waals surface area contributed by atoms with Crippen molar-refractivity contribution in [2.75, 3.05) is 13.9 Å². The Labute approximate surface area is 169 Å². The Morgan fingerprint density at radius 2 is 2.00 bits per heavy atom. The number of rotatable bonds is 6. The number of benzene rings is 2. The van der Waals surface area contributed by atoms with Gasteiger partial charge in [-0.2, -0.15) is 0 Å². The van der Waals surface area contributed by atoms with Gasteiger partial charge in [0.25, 0.3) is 0 Å². The highest BCUT2D eigenvalue weighted by Crippen LogP contribution is 2.40. The van der Waals surface area contributed by atoms with Gasteiger partial charge in [0.05, 0.1) is 6.04 Å². The van der Waals surface area contributed by atoms with Gasteiger partial charge in [-0.1, -0.05) is 36.4 Å². The molecule has 2 bridgehead atoms. The maximum atomic E-state index is 14.6. The van der Waals surface area contributed by atoms with E-state index in [9.17, 15) is 9.18 Å². The first-order valence-electron chi connectivity index (χ1n) is 9.77. The van der Waals surface area contributed by atoms with Gasteiger partial charge in [0.1, 0.15) is 18.2 Å². The largest absolute Gasteiger partial charge is 0.467 e. The molecule has 2 aliphatic heterocycles. The molecule has 2 heterocycles. The molecule has 0 spiro atoms. The van der Waals surface area contributed by atoms with Crippen molar-refractivity contribution in [3.63, 3.8) is 0 Å². The minimum absolute atomic E-state index is 0.0343. The molecule has 2 aliphatic rings. The number of ether oxygens (including phenoxy) is 3. The lowest BCUT2D eigenvalue weighted by atomic mass is 9.94. The highest BCUT2D eigenvalue weighted by Gasteiger charge is 2.41. The van der Waals surface area contributed by atoms with Crippen LogP contribution >= 0.6 is 0 Å². The summed E-state index contributed by atoms with van der Waals surface area (Å²) >= 11 is 0. The Bertz CT molecular complexity index is 899. The fourth-order valence-electron chi connectivity index (χ4n) is 4.08. The molecule has 5 nitrogen and oxygen atoms in total. The van der Waals surface area contributed by atoms with E-state index in [1.807, 2.05) is 36.4 Å². The SMILES string of the molecule is COCOc1ccc(C2=CC3CCC(C2)N3C(=O)OCc2ccccc2)c(F)c1. The number of nitrogens with zero attached hydrogens (tertiary/aromatic N) is 1. The van der Waals surface area contributed by atoms with Gasteiger partial charge < -0.3 is 14.2 Å². The molecule has 1 fully saturated rings. The summed E-state index contributed by atoms with van der Waals surface area (Å²) in [5, 5.41) is 0. The van der Waals surface area contributed by atoms with Gasteiger partial charge in [0, 0.05) is 24.8 Å². The van der Waals surface area contributed by atoms with Crippen molar-refractivity contribution in [1.82, 2.24) is 4.90 Å². The van der Waals surface area contributed by atoms with Gasteiger partial charge in [-0.05, 0) is 42.5 Å². The molecular weight excluding hydrogens is 373 g/mol. The Kier molecular flexibility index (Phi) is 5.81. The average molecular weight is 397 g/mol. The van der Waals surface area contributed by atoms with E-state index in [1.165, 1.54) is 13.2 Å². The fraction of sp³-hybridized carbons (Fsp3) is 0.348. The monoisotopic (exact) mass is 397 g/mol. The van der Waals surface area contributed by atoms with Crippen LogP contribution in [-0.4, -0.2) is 37.0 Å². The van der Waals surface area contributed by atoms with Crippen molar-refractivity contribution in [3.8, 4) is 5.75 Å². The lowest BCUT2D eigenvalue weighted by Crippen LogP contribution is -2.43. The van der Waals surface area contributed by atoms with Crippen LogP contribution in [-0.2, 0) is 16.1 Å². The quantitative estimate of drug-likeness (QED) is 0.659. The van der Waals surface area contributed by atoms with Gasteiger partial charge in [-0.25, -0.2) is 9.18 Å². The number of methoxy groups -OCH3 is 1. The lowest BCUT2D eigenvalue weighted by molar-refractivity contribution is 0.0509. The topological polar surface area (TPSA) is 48.0 Å². The molecule has 0 aromatic heterocycles. The van der Waals surface area contributed by atoms with Crippen LogP contribution in [0.1, 0.15) is 30.4 Å². The third-order valence-electron chi connectivity index (χ3n) is 5.44. The third kappa shape index (κ3) is 4.27. The summed E-state index contributed by atoms with van der Waals surface area (Å²) in [7, 11) is 1.52. The summed E-state index contributed by atoms with van der Waals surface area (Å²) in [4.78, 5) is 14.5. The summed E-state index contributed by atoms with van der Waals surface area (Å²) in [5.41, 5.74) is 2.45. The first-order chi connectivity index (χ1) is 14.2. The van der Waals surface area contributed by atoms with Crippen LogP contribution in [0.4, 0.5) is 9.18 Å². The number of hydrogen-bond donors (Lipinski definition) is 0. The maximum absolute atomic E-state index is 14.6. The van der Waals surface area contributed by atoms with Crippen LogP contribution in [0, 0.1) is 5.82 Å². The maximum Gasteiger partial charge on any atom is 0.410 e. The third-order valence-corrected chi connectivity index (χ3v) is 5.44. The molecule has 152 valence electrons. The van der Waals surface area contributed by atoms with Gasteiger partial charge >= 0.3 is 6.09 Å². The molecule has 6 heteroatoms. The predicted octanol–water partition coefficient (Wildman–Crippen LogP) is 4.77. The second-order valence-electron chi connectivity index (χ2n) is 7.33. The van der Waals surface area contributed by atoms with Gasteiger partial charge in [0.15, 0.2) is 6.79 Å². The first-order valence-corrected chi connectivity index (χ1v) is 9.77. The predicted molar refractivity (Wildman–Crippen MR) is 107 cm³/mol. The molecule has 0 aliphatic carbocycles. The average Bonchev–Trinajstić information content (AvgIpc) is 3.01. The Balaban J connectivity index is 1.45. The molecular formula is C23H24FNO4. The van der Waals surface area contributed by atoms with E-state index in [4.69, 9.17) is 14.2 Å². The number of hydrogen-bond acceptors (Lipinski definition) is 4. The van der Waals surface area contributed by atoms with E-state index < -0.39 is 0 Å². The molecule has 1 saturated heterocycles. The number of halogens is 1. The van der Waals surface area contributed by atoms with Crippen molar-refractivity contribution in [1.29, 1.82) is 0 Å². The highest BCUT2D eigenvalue weighted by molar-refractivity contribution is 5.75. The molecule has 29 heavy (non-hydrogen) atoms. The first kappa shape index (κ1) is 19.5. The molecule has 2 aromatic rings. The van der Waals surface area contributed by atoms with Gasteiger partial charge in [0.2, 0.25) is 0 Å². The Morgan fingerprint density at radius 3 is 2.72 bits per heavy atom. The molecule has 4 rings (SSSR count). The van der Waals surface area contributed by atoms with Crippen molar-refractivity contribution in [2.24, 2.45) is 0 Å². The van der Waals surface area contributed by atoms with E-state index in [1.54, 1.807) is 17.0 Å². The summed E-state index contributed by atoms with van der Waals surface area (Å²) < 4.78 is 30.3. The number of fused-ring (bicyclic) bond motifs is 2. The van der Waals surface area contributed by atoms with E-state index in [0.717, 1.165) is 24.0 Å². The molecule has 0 N–H and O–H groups in total.